The summed E-state index contributed by atoms with van der Waals surface area (Å²) in [6.07, 6.45) is 0.791. The molecule has 0 aliphatic heterocycles. The largest absolute Gasteiger partial charge is 0.478 e. The second-order valence-corrected chi connectivity index (χ2v) is 4.66. The Morgan fingerprint density at radius 1 is 1.42 bits per heavy atom. The van der Waals surface area contributed by atoms with E-state index in [2.05, 4.69) is 0 Å². The van der Waals surface area contributed by atoms with E-state index in [0.717, 1.165) is 13.0 Å². The minimum Gasteiger partial charge on any atom is -0.478 e. The average molecular weight is 264 g/mol. The zero-order valence-electron chi connectivity index (χ0n) is 10.9. The quantitative estimate of drug-likeness (QED) is 0.879. The summed E-state index contributed by atoms with van der Waals surface area (Å²) >= 11 is 0. The molecule has 0 spiro atoms. The van der Waals surface area contributed by atoms with Gasteiger partial charge in [-0.25, -0.2) is 9.59 Å². The number of fused-ring (bicyclic) bond motifs is 1. The molecule has 0 atom stereocenters. The third kappa shape index (κ3) is 2.85. The predicted molar refractivity (Wildman–Crippen MR) is 70.6 cm³/mol. The first-order valence-corrected chi connectivity index (χ1v) is 6.00. The molecule has 6 nitrogen and oxygen atoms in total. The Balaban J connectivity index is 2.36. The molecule has 19 heavy (non-hydrogen) atoms. The van der Waals surface area contributed by atoms with Gasteiger partial charge in [0.1, 0.15) is 0 Å². The van der Waals surface area contributed by atoms with Crippen molar-refractivity contribution in [2.75, 3.05) is 20.6 Å². The molecular weight excluding hydrogens is 248 g/mol. The Kier molecular flexibility index (Phi) is 3.71. The highest BCUT2D eigenvalue weighted by atomic mass is 16.4. The minimum absolute atomic E-state index is 0.148. The van der Waals surface area contributed by atoms with Crippen molar-refractivity contribution in [1.82, 2.24) is 9.47 Å². The Hall–Kier alpha value is -2.08. The molecule has 102 valence electrons. The molecule has 0 bridgehead atoms. The van der Waals surface area contributed by atoms with E-state index in [4.69, 9.17) is 9.52 Å². The van der Waals surface area contributed by atoms with Crippen LogP contribution in [0.5, 0.6) is 0 Å². The Morgan fingerprint density at radius 3 is 2.79 bits per heavy atom. The van der Waals surface area contributed by atoms with Crippen molar-refractivity contribution in [2.24, 2.45) is 0 Å². The summed E-state index contributed by atoms with van der Waals surface area (Å²) in [5.74, 6) is -1.47. The van der Waals surface area contributed by atoms with Crippen molar-refractivity contribution in [1.29, 1.82) is 0 Å². The maximum absolute atomic E-state index is 11.7. The fourth-order valence-corrected chi connectivity index (χ4v) is 1.95. The van der Waals surface area contributed by atoms with E-state index < -0.39 is 11.7 Å². The molecule has 0 radical (unpaired) electrons. The highest BCUT2D eigenvalue weighted by Gasteiger charge is 2.12. The van der Waals surface area contributed by atoms with Crippen LogP contribution in [-0.2, 0) is 6.54 Å². The van der Waals surface area contributed by atoms with Crippen LogP contribution < -0.4 is 5.76 Å². The SMILES string of the molecule is CN(C)CCCn1c(=O)oc2ccc(C(=O)O)cc21. The van der Waals surface area contributed by atoms with Crippen LogP contribution in [-0.4, -0.2) is 41.2 Å². The van der Waals surface area contributed by atoms with E-state index in [1.165, 1.54) is 22.8 Å². The van der Waals surface area contributed by atoms with Gasteiger partial charge in [-0.05, 0) is 45.3 Å². The van der Waals surface area contributed by atoms with Gasteiger partial charge in [-0.1, -0.05) is 0 Å². The molecule has 0 fully saturated rings. The lowest BCUT2D eigenvalue weighted by Gasteiger charge is -2.09. The van der Waals surface area contributed by atoms with Crippen molar-refractivity contribution in [3.05, 3.63) is 34.3 Å². The fourth-order valence-electron chi connectivity index (χ4n) is 1.95. The predicted octanol–water partition coefficient (Wildman–Crippen LogP) is 1.24. The number of hydrogen-bond donors (Lipinski definition) is 1. The summed E-state index contributed by atoms with van der Waals surface area (Å²) in [6, 6.07) is 4.42. The number of oxazole rings is 1. The van der Waals surface area contributed by atoms with E-state index in [9.17, 15) is 9.59 Å². The Morgan fingerprint density at radius 2 is 2.16 bits per heavy atom. The number of rotatable bonds is 5. The number of aromatic nitrogens is 1. The lowest BCUT2D eigenvalue weighted by Crippen LogP contribution is -2.19. The monoisotopic (exact) mass is 264 g/mol. The zero-order valence-corrected chi connectivity index (χ0v) is 10.9. The topological polar surface area (TPSA) is 75.7 Å². The normalized spacial score (nSPS) is 11.3. The van der Waals surface area contributed by atoms with Crippen LogP contribution in [0.25, 0.3) is 11.1 Å². The molecule has 2 aromatic rings. The van der Waals surface area contributed by atoms with Crippen molar-refractivity contribution in [2.45, 2.75) is 13.0 Å². The van der Waals surface area contributed by atoms with Crippen molar-refractivity contribution >= 4 is 17.1 Å². The molecule has 6 heteroatoms. The average Bonchev–Trinajstić information content (AvgIpc) is 2.64. The summed E-state index contributed by atoms with van der Waals surface area (Å²) in [7, 11) is 3.91. The molecule has 0 aliphatic rings. The van der Waals surface area contributed by atoms with Crippen molar-refractivity contribution < 1.29 is 14.3 Å². The molecule has 0 unspecified atom stereocenters. The summed E-state index contributed by atoms with van der Waals surface area (Å²) in [6.45, 7) is 1.35. The van der Waals surface area contributed by atoms with E-state index in [0.29, 0.717) is 17.6 Å². The van der Waals surface area contributed by atoms with Gasteiger partial charge in [-0.3, -0.25) is 4.57 Å². The van der Waals surface area contributed by atoms with E-state index >= 15 is 0 Å². The molecule has 1 N–H and O–H groups in total. The van der Waals surface area contributed by atoms with E-state index in [1.807, 2.05) is 19.0 Å². The molecule has 0 amide bonds. The van der Waals surface area contributed by atoms with Gasteiger partial charge in [0.25, 0.3) is 0 Å². The first kappa shape index (κ1) is 13.4. The van der Waals surface area contributed by atoms with Crippen molar-refractivity contribution in [3.63, 3.8) is 0 Å². The molecular formula is C13H16N2O4. The smallest absolute Gasteiger partial charge is 0.419 e. The van der Waals surface area contributed by atoms with Crippen LogP contribution >= 0.6 is 0 Å². The number of hydrogen-bond acceptors (Lipinski definition) is 4. The maximum atomic E-state index is 11.7. The standard InChI is InChI=1S/C13H16N2O4/c1-14(2)6-3-7-15-10-8-9(12(16)17)4-5-11(10)19-13(15)18/h4-5,8H,3,6-7H2,1-2H3,(H,16,17). The number of nitrogens with zero attached hydrogens (tertiary/aromatic N) is 2. The molecule has 0 saturated heterocycles. The lowest BCUT2D eigenvalue weighted by molar-refractivity contribution is 0.0697. The number of carboxylic acid groups (broad SMARTS) is 1. The molecule has 1 aromatic carbocycles. The molecule has 0 saturated carbocycles. The van der Waals surface area contributed by atoms with Gasteiger partial charge >= 0.3 is 11.7 Å². The second kappa shape index (κ2) is 5.27. The van der Waals surface area contributed by atoms with Crippen LogP contribution in [0.15, 0.2) is 27.4 Å². The molecule has 0 aliphatic carbocycles. The number of carboxylic acids is 1. The van der Waals surface area contributed by atoms with Gasteiger partial charge in [0.2, 0.25) is 0 Å². The highest BCUT2D eigenvalue weighted by molar-refractivity contribution is 5.91. The number of aromatic carboxylic acids is 1. The van der Waals surface area contributed by atoms with Crippen LogP contribution in [0.2, 0.25) is 0 Å². The van der Waals surface area contributed by atoms with Crippen LogP contribution in [0.1, 0.15) is 16.8 Å². The van der Waals surface area contributed by atoms with Gasteiger partial charge in [0.05, 0.1) is 11.1 Å². The van der Waals surface area contributed by atoms with E-state index in [-0.39, 0.29) is 5.56 Å². The first-order chi connectivity index (χ1) is 8.99. The number of carbonyl (C=O) groups is 1. The molecule has 1 aromatic heterocycles. The van der Waals surface area contributed by atoms with Crippen LogP contribution in [0, 0.1) is 0 Å². The number of aryl methyl sites for hydroxylation is 1. The van der Waals surface area contributed by atoms with Gasteiger partial charge in [0, 0.05) is 6.54 Å². The van der Waals surface area contributed by atoms with Crippen LogP contribution in [0.3, 0.4) is 0 Å². The molecule has 2 rings (SSSR count). The number of benzene rings is 1. The first-order valence-electron chi connectivity index (χ1n) is 6.00. The minimum atomic E-state index is -1.02. The van der Waals surface area contributed by atoms with E-state index in [1.54, 1.807) is 0 Å². The maximum Gasteiger partial charge on any atom is 0.419 e. The lowest BCUT2D eigenvalue weighted by atomic mass is 10.2. The summed E-state index contributed by atoms with van der Waals surface area (Å²) < 4.78 is 6.57. The van der Waals surface area contributed by atoms with Gasteiger partial charge < -0.3 is 14.4 Å². The van der Waals surface area contributed by atoms with Crippen molar-refractivity contribution in [3.8, 4) is 0 Å². The van der Waals surface area contributed by atoms with Crippen LogP contribution in [0.4, 0.5) is 0 Å². The Labute approximate surface area is 109 Å². The van der Waals surface area contributed by atoms with Gasteiger partial charge in [0.15, 0.2) is 5.58 Å². The third-order valence-electron chi connectivity index (χ3n) is 2.90. The van der Waals surface area contributed by atoms with Gasteiger partial charge in [-0.2, -0.15) is 0 Å². The fraction of sp³-hybridized carbons (Fsp3) is 0.385. The highest BCUT2D eigenvalue weighted by Crippen LogP contribution is 2.15. The summed E-state index contributed by atoms with van der Waals surface area (Å²) in [4.78, 5) is 24.7. The molecule has 1 heterocycles. The summed E-state index contributed by atoms with van der Waals surface area (Å²) in [5.41, 5.74) is 1.10. The van der Waals surface area contributed by atoms with Gasteiger partial charge in [-0.15, -0.1) is 0 Å². The Bertz CT molecular complexity index is 654. The second-order valence-electron chi connectivity index (χ2n) is 4.66. The zero-order chi connectivity index (χ0) is 14.0. The third-order valence-corrected chi connectivity index (χ3v) is 2.90. The summed E-state index contributed by atoms with van der Waals surface area (Å²) in [5, 5.41) is 8.97.